The molecule has 1 aromatic carbocycles. The van der Waals surface area contributed by atoms with E-state index < -0.39 is 5.97 Å². The number of H-pyrrole nitrogens is 1. The van der Waals surface area contributed by atoms with Crippen molar-refractivity contribution in [1.82, 2.24) is 20.0 Å². The predicted octanol–water partition coefficient (Wildman–Crippen LogP) is 3.24. The van der Waals surface area contributed by atoms with Gasteiger partial charge in [0.2, 0.25) is 0 Å². The number of benzene rings is 1. The average molecular weight is 450 g/mol. The molecule has 2 aliphatic heterocycles. The van der Waals surface area contributed by atoms with Crippen LogP contribution >= 0.6 is 0 Å². The molecule has 2 aromatic heterocycles. The molecule has 1 unspecified atom stereocenters. The minimum Gasteiger partial charge on any atom is -0.461 e. The fourth-order valence-corrected chi connectivity index (χ4v) is 4.60. The second-order valence-corrected chi connectivity index (χ2v) is 8.26. The molecule has 10 nitrogen and oxygen atoms in total. The SMILES string of the molecule is CCOC(=O)c1cc2n(n1)C(C1CCOCC1)C(C(=O)Nc1ccc3[nH]ncc3c1)=C(C)N2. The van der Waals surface area contributed by atoms with Crippen LogP contribution in [0.4, 0.5) is 11.5 Å². The molecule has 0 saturated carbocycles. The minimum absolute atomic E-state index is 0.140. The zero-order valence-electron chi connectivity index (χ0n) is 18.6. The summed E-state index contributed by atoms with van der Waals surface area (Å²) < 4.78 is 12.4. The lowest BCUT2D eigenvalue weighted by Crippen LogP contribution is -2.36. The van der Waals surface area contributed by atoms with E-state index in [0.717, 1.165) is 29.4 Å². The number of esters is 1. The minimum atomic E-state index is -0.482. The van der Waals surface area contributed by atoms with E-state index in [9.17, 15) is 9.59 Å². The number of rotatable bonds is 5. The molecule has 1 saturated heterocycles. The van der Waals surface area contributed by atoms with Crippen molar-refractivity contribution in [2.75, 3.05) is 30.5 Å². The smallest absolute Gasteiger partial charge is 0.358 e. The van der Waals surface area contributed by atoms with Crippen LogP contribution in [0, 0.1) is 5.92 Å². The third kappa shape index (κ3) is 3.97. The Morgan fingerprint density at radius 2 is 2.09 bits per heavy atom. The van der Waals surface area contributed by atoms with Crippen LogP contribution in [0.15, 0.2) is 41.7 Å². The fourth-order valence-electron chi connectivity index (χ4n) is 4.60. The Hall–Kier alpha value is -3.66. The van der Waals surface area contributed by atoms with Crippen LogP contribution in [0.5, 0.6) is 0 Å². The molecule has 0 spiro atoms. The maximum atomic E-state index is 13.6. The van der Waals surface area contributed by atoms with Crippen molar-refractivity contribution >= 4 is 34.3 Å². The van der Waals surface area contributed by atoms with E-state index in [1.165, 1.54) is 0 Å². The number of carbonyl (C=O) groups is 2. The van der Waals surface area contributed by atoms with Gasteiger partial charge in [-0.2, -0.15) is 10.2 Å². The first-order chi connectivity index (χ1) is 16.0. The highest BCUT2D eigenvalue weighted by Crippen LogP contribution is 2.40. The molecule has 4 heterocycles. The number of anilines is 2. The summed E-state index contributed by atoms with van der Waals surface area (Å²) in [6, 6.07) is 6.95. The van der Waals surface area contributed by atoms with Crippen LogP contribution in [0.1, 0.15) is 43.2 Å². The first-order valence-corrected chi connectivity index (χ1v) is 11.1. The summed E-state index contributed by atoms with van der Waals surface area (Å²) in [6.45, 7) is 5.15. The van der Waals surface area contributed by atoms with Crippen LogP contribution in [-0.2, 0) is 14.3 Å². The van der Waals surface area contributed by atoms with Gasteiger partial charge in [0.05, 0.1) is 29.9 Å². The van der Waals surface area contributed by atoms with E-state index in [1.54, 1.807) is 23.9 Å². The molecule has 5 rings (SSSR count). The zero-order chi connectivity index (χ0) is 22.9. The van der Waals surface area contributed by atoms with Crippen molar-refractivity contribution in [3.63, 3.8) is 0 Å². The monoisotopic (exact) mass is 450 g/mol. The first-order valence-electron chi connectivity index (χ1n) is 11.1. The Bertz CT molecular complexity index is 1240. The standard InChI is InChI=1S/C23H26N6O4/c1-3-33-23(31)18-11-19-25-13(2)20(21(29(19)28-18)14-6-8-32-9-7-14)22(30)26-16-4-5-17-15(10-16)12-24-27-17/h4-5,10-12,14,21,25H,3,6-9H2,1-2H3,(H,24,27)(H,26,30). The number of hydrogen-bond acceptors (Lipinski definition) is 7. The largest absolute Gasteiger partial charge is 0.461 e. The van der Waals surface area contributed by atoms with Gasteiger partial charge in [-0.05, 0) is 50.8 Å². The molecule has 172 valence electrons. The van der Waals surface area contributed by atoms with E-state index in [0.29, 0.717) is 30.3 Å². The van der Waals surface area contributed by atoms with E-state index in [1.807, 2.05) is 25.1 Å². The fraction of sp³-hybridized carbons (Fsp3) is 0.391. The number of amides is 1. The number of allylic oxidation sites excluding steroid dienone is 1. The highest BCUT2D eigenvalue weighted by Gasteiger charge is 2.38. The number of aromatic nitrogens is 4. The molecule has 0 aliphatic carbocycles. The van der Waals surface area contributed by atoms with Crippen LogP contribution in [0.2, 0.25) is 0 Å². The molecular weight excluding hydrogens is 424 g/mol. The van der Waals surface area contributed by atoms with Gasteiger partial charge in [0.1, 0.15) is 5.82 Å². The molecule has 0 radical (unpaired) electrons. The number of ether oxygens (including phenoxy) is 2. The molecule has 0 bridgehead atoms. The van der Waals surface area contributed by atoms with Gasteiger partial charge in [0.25, 0.3) is 5.91 Å². The van der Waals surface area contributed by atoms with Gasteiger partial charge in [0, 0.05) is 36.1 Å². The van der Waals surface area contributed by atoms with Crippen molar-refractivity contribution in [3.05, 3.63) is 47.4 Å². The van der Waals surface area contributed by atoms with Gasteiger partial charge >= 0.3 is 5.97 Å². The first kappa shape index (κ1) is 21.2. The summed E-state index contributed by atoms with van der Waals surface area (Å²) in [6.07, 6.45) is 3.31. The molecule has 2 aliphatic rings. The number of nitrogens with zero attached hydrogens (tertiary/aromatic N) is 3. The van der Waals surface area contributed by atoms with Crippen LogP contribution in [-0.4, -0.2) is 51.7 Å². The lowest BCUT2D eigenvalue weighted by molar-refractivity contribution is -0.113. The summed E-state index contributed by atoms with van der Waals surface area (Å²) in [5.41, 5.74) is 3.13. The molecule has 10 heteroatoms. The number of fused-ring (bicyclic) bond motifs is 2. The second-order valence-electron chi connectivity index (χ2n) is 8.26. The summed E-state index contributed by atoms with van der Waals surface area (Å²) >= 11 is 0. The molecule has 1 amide bonds. The van der Waals surface area contributed by atoms with E-state index in [-0.39, 0.29) is 30.2 Å². The zero-order valence-corrected chi connectivity index (χ0v) is 18.6. The Morgan fingerprint density at radius 3 is 2.88 bits per heavy atom. The Labute approximate surface area is 190 Å². The Kier molecular flexibility index (Phi) is 5.59. The third-order valence-corrected chi connectivity index (χ3v) is 6.15. The van der Waals surface area contributed by atoms with Crippen LogP contribution < -0.4 is 10.6 Å². The maximum Gasteiger partial charge on any atom is 0.358 e. The van der Waals surface area contributed by atoms with Gasteiger partial charge in [0.15, 0.2) is 5.69 Å². The van der Waals surface area contributed by atoms with Crippen molar-refractivity contribution in [2.45, 2.75) is 32.7 Å². The van der Waals surface area contributed by atoms with E-state index >= 15 is 0 Å². The van der Waals surface area contributed by atoms with Gasteiger partial charge in [-0.3, -0.25) is 9.89 Å². The predicted molar refractivity (Wildman–Crippen MR) is 122 cm³/mol. The topological polar surface area (TPSA) is 123 Å². The molecule has 33 heavy (non-hydrogen) atoms. The summed E-state index contributed by atoms with van der Waals surface area (Å²) in [4.78, 5) is 25.9. The van der Waals surface area contributed by atoms with E-state index in [4.69, 9.17) is 9.47 Å². The normalized spacial score (nSPS) is 18.7. The summed E-state index contributed by atoms with van der Waals surface area (Å²) in [5, 5.41) is 18.7. The molecule has 3 N–H and O–H groups in total. The second kappa shape index (κ2) is 8.70. The van der Waals surface area contributed by atoms with E-state index in [2.05, 4.69) is 25.9 Å². The lowest BCUT2D eigenvalue weighted by atomic mass is 9.84. The average Bonchev–Trinajstić information content (AvgIpc) is 3.45. The number of nitrogens with one attached hydrogen (secondary N) is 3. The van der Waals surface area contributed by atoms with Crippen LogP contribution in [0.25, 0.3) is 10.9 Å². The van der Waals surface area contributed by atoms with Gasteiger partial charge < -0.3 is 20.1 Å². The van der Waals surface area contributed by atoms with Crippen molar-refractivity contribution < 1.29 is 19.1 Å². The number of hydrogen-bond donors (Lipinski definition) is 3. The van der Waals surface area contributed by atoms with Gasteiger partial charge in [-0.1, -0.05) is 0 Å². The quantitative estimate of drug-likeness (QED) is 0.510. The summed E-state index contributed by atoms with van der Waals surface area (Å²) in [7, 11) is 0. The third-order valence-electron chi connectivity index (χ3n) is 6.15. The molecule has 3 aromatic rings. The summed E-state index contributed by atoms with van der Waals surface area (Å²) in [5.74, 6) is 0.118. The lowest BCUT2D eigenvalue weighted by Gasteiger charge is -2.36. The number of carbonyl (C=O) groups excluding carboxylic acids is 2. The van der Waals surface area contributed by atoms with Gasteiger partial charge in [-0.25, -0.2) is 9.48 Å². The molecule has 1 atom stereocenters. The number of aromatic amines is 1. The Balaban J connectivity index is 1.50. The van der Waals surface area contributed by atoms with Gasteiger partial charge in [-0.15, -0.1) is 0 Å². The molecule has 1 fully saturated rings. The highest BCUT2D eigenvalue weighted by molar-refractivity contribution is 6.06. The highest BCUT2D eigenvalue weighted by atomic mass is 16.5. The van der Waals surface area contributed by atoms with Crippen molar-refractivity contribution in [2.24, 2.45) is 5.92 Å². The maximum absolute atomic E-state index is 13.6. The molecular formula is C23H26N6O4. The Morgan fingerprint density at radius 1 is 1.27 bits per heavy atom. The van der Waals surface area contributed by atoms with Crippen molar-refractivity contribution in [3.8, 4) is 0 Å². The van der Waals surface area contributed by atoms with Crippen LogP contribution in [0.3, 0.4) is 0 Å². The van der Waals surface area contributed by atoms with Crippen molar-refractivity contribution in [1.29, 1.82) is 0 Å².